The summed E-state index contributed by atoms with van der Waals surface area (Å²) in [7, 11) is 0. The van der Waals surface area contributed by atoms with Crippen molar-refractivity contribution in [3.8, 4) is 5.75 Å². The van der Waals surface area contributed by atoms with Crippen molar-refractivity contribution in [2.45, 2.75) is 71.1 Å². The number of carbonyl (C=O) groups is 4. The van der Waals surface area contributed by atoms with Gasteiger partial charge in [0, 0.05) is 13.1 Å². The number of alkyl carbamates (subject to hydrolysis) is 1. The van der Waals surface area contributed by atoms with E-state index in [1.807, 2.05) is 6.92 Å². The normalized spacial score (nSPS) is 12.8. The molecule has 2 atom stereocenters. The second kappa shape index (κ2) is 14.1. The van der Waals surface area contributed by atoms with Crippen molar-refractivity contribution < 1.29 is 34.1 Å². The average molecular weight is 495 g/mol. The second-order valence-corrected chi connectivity index (χ2v) is 9.12. The number of rotatable bonds is 13. The van der Waals surface area contributed by atoms with Gasteiger partial charge in [0.15, 0.2) is 0 Å². The molecule has 0 aromatic heterocycles. The Labute approximate surface area is 206 Å². The number of aliphatic hydroxyl groups excluding tert-OH is 1. The predicted molar refractivity (Wildman–Crippen MR) is 129 cm³/mol. The Bertz CT molecular complexity index is 870. The number of hydrogen-bond acceptors (Lipinski definition) is 7. The van der Waals surface area contributed by atoms with Crippen LogP contribution in [0, 0.1) is 0 Å². The molecule has 11 heteroatoms. The van der Waals surface area contributed by atoms with Crippen LogP contribution in [0.2, 0.25) is 0 Å². The van der Waals surface area contributed by atoms with Gasteiger partial charge < -0.3 is 36.2 Å². The summed E-state index contributed by atoms with van der Waals surface area (Å²) in [5.74, 6) is -2.34. The Morgan fingerprint density at radius 2 is 1.86 bits per heavy atom. The van der Waals surface area contributed by atoms with Crippen molar-refractivity contribution in [3.63, 3.8) is 0 Å². The van der Waals surface area contributed by atoms with Gasteiger partial charge in [-0.2, -0.15) is 0 Å². The van der Waals surface area contributed by atoms with Crippen LogP contribution in [0.5, 0.6) is 5.75 Å². The molecule has 11 nitrogen and oxygen atoms in total. The maximum absolute atomic E-state index is 13.5. The van der Waals surface area contributed by atoms with Crippen molar-refractivity contribution in [3.05, 3.63) is 29.8 Å². The molecule has 4 amide bonds. The predicted octanol–water partition coefficient (Wildman–Crippen LogP) is 1.33. The standard InChI is InChI=1S/C24H38N4O7/c1-5-6-7-11-26-21(32)20(16-9-8-10-17(30)14-16)28(12-13-29)22(33)18(15-19(25)31)27-23(34)35-24(2,3)4/h8-10,14,18,20,29-30H,5-7,11-13,15H2,1-4H3,(H2,25,31)(H,26,32)(H,27,34). The number of phenols is 1. The van der Waals surface area contributed by atoms with Crippen molar-refractivity contribution in [1.82, 2.24) is 15.5 Å². The summed E-state index contributed by atoms with van der Waals surface area (Å²) in [4.78, 5) is 51.8. The number of aliphatic hydroxyl groups is 1. The Balaban J connectivity index is 3.35. The lowest BCUT2D eigenvalue weighted by Gasteiger charge is -2.34. The third-order valence-electron chi connectivity index (χ3n) is 4.84. The van der Waals surface area contributed by atoms with Crippen molar-refractivity contribution in [2.75, 3.05) is 19.7 Å². The van der Waals surface area contributed by atoms with Crippen LogP contribution in [0.15, 0.2) is 24.3 Å². The number of carbonyl (C=O) groups excluding carboxylic acids is 4. The number of nitrogens with zero attached hydrogens (tertiary/aromatic N) is 1. The highest BCUT2D eigenvalue weighted by Gasteiger charge is 2.36. The maximum Gasteiger partial charge on any atom is 0.408 e. The largest absolute Gasteiger partial charge is 0.508 e. The molecule has 0 radical (unpaired) electrons. The molecule has 0 spiro atoms. The molecule has 0 aliphatic heterocycles. The van der Waals surface area contributed by atoms with E-state index in [-0.39, 0.29) is 17.9 Å². The lowest BCUT2D eigenvalue weighted by molar-refractivity contribution is -0.143. The molecule has 35 heavy (non-hydrogen) atoms. The first-order valence-electron chi connectivity index (χ1n) is 11.6. The van der Waals surface area contributed by atoms with E-state index in [1.165, 1.54) is 18.2 Å². The van der Waals surface area contributed by atoms with Crippen LogP contribution >= 0.6 is 0 Å². The number of benzene rings is 1. The quantitative estimate of drug-likeness (QED) is 0.257. The number of unbranched alkanes of at least 4 members (excludes halogenated alkanes) is 2. The number of aromatic hydroxyl groups is 1. The van der Waals surface area contributed by atoms with E-state index in [1.54, 1.807) is 26.8 Å². The van der Waals surface area contributed by atoms with Gasteiger partial charge in [-0.3, -0.25) is 14.4 Å². The van der Waals surface area contributed by atoms with Gasteiger partial charge in [0.05, 0.1) is 13.0 Å². The van der Waals surface area contributed by atoms with Crippen LogP contribution in [-0.2, 0) is 19.1 Å². The number of amides is 4. The minimum atomic E-state index is -1.44. The van der Waals surface area contributed by atoms with Gasteiger partial charge in [-0.05, 0) is 44.9 Å². The van der Waals surface area contributed by atoms with Gasteiger partial charge in [-0.15, -0.1) is 0 Å². The maximum atomic E-state index is 13.5. The first-order chi connectivity index (χ1) is 16.4. The van der Waals surface area contributed by atoms with Crippen LogP contribution in [-0.4, -0.2) is 70.3 Å². The molecular weight excluding hydrogens is 456 g/mol. The number of hydrogen-bond donors (Lipinski definition) is 5. The fourth-order valence-corrected chi connectivity index (χ4v) is 3.38. The molecule has 0 heterocycles. The van der Waals surface area contributed by atoms with E-state index in [2.05, 4.69) is 10.6 Å². The molecule has 0 saturated carbocycles. The summed E-state index contributed by atoms with van der Waals surface area (Å²) in [5.41, 5.74) is 4.73. The Morgan fingerprint density at radius 1 is 1.17 bits per heavy atom. The number of nitrogens with one attached hydrogen (secondary N) is 2. The highest BCUT2D eigenvalue weighted by atomic mass is 16.6. The monoisotopic (exact) mass is 494 g/mol. The first kappa shape index (κ1) is 29.7. The molecule has 6 N–H and O–H groups in total. The van der Waals surface area contributed by atoms with Crippen molar-refractivity contribution >= 4 is 23.8 Å². The summed E-state index contributed by atoms with van der Waals surface area (Å²) in [5, 5.41) is 24.8. The van der Waals surface area contributed by atoms with Gasteiger partial charge in [0.25, 0.3) is 0 Å². The molecule has 0 fully saturated rings. The summed E-state index contributed by atoms with van der Waals surface area (Å²) in [6.07, 6.45) is 1.08. The summed E-state index contributed by atoms with van der Waals surface area (Å²) >= 11 is 0. The zero-order valence-electron chi connectivity index (χ0n) is 20.9. The summed E-state index contributed by atoms with van der Waals surface area (Å²) in [6, 6.07) is 3.12. The number of ether oxygens (including phenoxy) is 1. The number of nitrogens with two attached hydrogens (primary N) is 1. The zero-order chi connectivity index (χ0) is 26.6. The van der Waals surface area contributed by atoms with Gasteiger partial charge in [-0.25, -0.2) is 4.79 Å². The van der Waals surface area contributed by atoms with E-state index in [9.17, 15) is 29.4 Å². The van der Waals surface area contributed by atoms with Gasteiger partial charge in [0.2, 0.25) is 17.7 Å². The minimum Gasteiger partial charge on any atom is -0.508 e. The van der Waals surface area contributed by atoms with Crippen LogP contribution in [0.3, 0.4) is 0 Å². The molecule has 0 saturated heterocycles. The molecule has 0 bridgehead atoms. The molecule has 1 aromatic carbocycles. The van der Waals surface area contributed by atoms with E-state index >= 15 is 0 Å². The Hall–Kier alpha value is -3.34. The third kappa shape index (κ3) is 10.6. The SMILES string of the molecule is CCCCCNC(=O)C(c1cccc(O)c1)N(CCO)C(=O)C(CC(N)=O)NC(=O)OC(C)(C)C. The molecule has 2 unspecified atom stereocenters. The smallest absolute Gasteiger partial charge is 0.408 e. The Kier molecular flexibility index (Phi) is 12.0. The molecule has 1 aromatic rings. The lowest BCUT2D eigenvalue weighted by atomic mass is 10.0. The average Bonchev–Trinajstić information content (AvgIpc) is 2.74. The zero-order valence-corrected chi connectivity index (χ0v) is 20.9. The Morgan fingerprint density at radius 3 is 2.40 bits per heavy atom. The number of primary amides is 1. The van der Waals surface area contributed by atoms with Crippen LogP contribution in [0.25, 0.3) is 0 Å². The van der Waals surface area contributed by atoms with Crippen LogP contribution < -0.4 is 16.4 Å². The highest BCUT2D eigenvalue weighted by molar-refractivity contribution is 5.94. The topological polar surface area (TPSA) is 171 Å². The fraction of sp³-hybridized carbons (Fsp3) is 0.583. The molecule has 196 valence electrons. The first-order valence-corrected chi connectivity index (χ1v) is 11.6. The van der Waals surface area contributed by atoms with E-state index in [4.69, 9.17) is 10.5 Å². The fourth-order valence-electron chi connectivity index (χ4n) is 3.38. The van der Waals surface area contributed by atoms with Gasteiger partial charge in [0.1, 0.15) is 23.4 Å². The summed E-state index contributed by atoms with van der Waals surface area (Å²) < 4.78 is 5.19. The molecule has 1 rings (SSSR count). The summed E-state index contributed by atoms with van der Waals surface area (Å²) in [6.45, 7) is 6.51. The van der Waals surface area contributed by atoms with Gasteiger partial charge in [-0.1, -0.05) is 31.9 Å². The van der Waals surface area contributed by atoms with Crippen LogP contribution in [0.4, 0.5) is 4.79 Å². The van der Waals surface area contributed by atoms with Crippen molar-refractivity contribution in [1.29, 1.82) is 0 Å². The molecule has 0 aliphatic carbocycles. The van der Waals surface area contributed by atoms with E-state index in [0.717, 1.165) is 24.2 Å². The number of phenolic OH excluding ortho intramolecular Hbond substituents is 1. The molecule has 0 aliphatic rings. The lowest BCUT2D eigenvalue weighted by Crippen LogP contribution is -2.54. The van der Waals surface area contributed by atoms with E-state index < -0.39 is 54.5 Å². The van der Waals surface area contributed by atoms with E-state index in [0.29, 0.717) is 6.54 Å². The van der Waals surface area contributed by atoms with Gasteiger partial charge >= 0.3 is 6.09 Å². The third-order valence-corrected chi connectivity index (χ3v) is 4.84. The second-order valence-electron chi connectivity index (χ2n) is 9.12. The highest BCUT2D eigenvalue weighted by Crippen LogP contribution is 2.25. The minimum absolute atomic E-state index is 0.122. The molecular formula is C24H38N4O7. The van der Waals surface area contributed by atoms with Crippen molar-refractivity contribution in [2.24, 2.45) is 5.73 Å². The van der Waals surface area contributed by atoms with Crippen LogP contribution in [0.1, 0.15) is 65.0 Å².